The number of ether oxygens (including phenoxy) is 2. The van der Waals surface area contributed by atoms with Crippen LogP contribution in [0.3, 0.4) is 0 Å². The molecule has 1 aromatic carbocycles. The third-order valence-electron chi connectivity index (χ3n) is 2.98. The third kappa shape index (κ3) is 4.57. The van der Waals surface area contributed by atoms with E-state index >= 15 is 0 Å². The molecule has 0 amide bonds. The zero-order valence-corrected chi connectivity index (χ0v) is 13.3. The number of esters is 1. The van der Waals surface area contributed by atoms with Gasteiger partial charge in [-0.25, -0.2) is 9.98 Å². The number of hydrogen-bond donors (Lipinski definition) is 4. The van der Waals surface area contributed by atoms with E-state index in [1.807, 2.05) is 12.1 Å². The fourth-order valence-electron chi connectivity index (χ4n) is 1.93. The molecule has 126 valence electrons. The molecule has 0 saturated carbocycles. The maximum atomic E-state index is 11.6. The lowest BCUT2D eigenvalue weighted by molar-refractivity contribution is -0.365. The van der Waals surface area contributed by atoms with Crippen molar-refractivity contribution < 1.29 is 19.3 Å². The van der Waals surface area contributed by atoms with Crippen molar-refractivity contribution in [2.45, 2.75) is 6.42 Å². The molecule has 24 heavy (non-hydrogen) atoms. The molecule has 1 heterocycles. The SMILES string of the molecule is COC(=O)Cc1cc(=O)[nH]c([NH+]=C(N)Nc2ccccc2OC)n1. The second-order valence-corrected chi connectivity index (χ2v) is 4.70. The molecule has 0 bridgehead atoms. The van der Waals surface area contributed by atoms with E-state index < -0.39 is 11.5 Å². The van der Waals surface area contributed by atoms with Gasteiger partial charge in [-0.1, -0.05) is 12.1 Å². The highest BCUT2D eigenvalue weighted by Gasteiger charge is 2.11. The zero-order valence-electron chi connectivity index (χ0n) is 13.3. The number of para-hydroxylation sites is 2. The van der Waals surface area contributed by atoms with Crippen LogP contribution in [0.25, 0.3) is 0 Å². The van der Waals surface area contributed by atoms with Gasteiger partial charge < -0.3 is 15.2 Å². The molecule has 5 N–H and O–H groups in total. The summed E-state index contributed by atoms with van der Waals surface area (Å²) in [5.41, 5.74) is 6.35. The molecule has 0 spiro atoms. The minimum Gasteiger partial charge on any atom is -0.494 e. The topological polar surface area (TPSA) is 133 Å². The predicted octanol–water partition coefficient (Wildman–Crippen LogP) is -1.37. The van der Waals surface area contributed by atoms with Crippen molar-refractivity contribution in [3.63, 3.8) is 0 Å². The lowest BCUT2D eigenvalue weighted by Crippen LogP contribution is -2.73. The monoisotopic (exact) mass is 332 g/mol. The van der Waals surface area contributed by atoms with E-state index in [2.05, 4.69) is 25.0 Å². The predicted molar refractivity (Wildman–Crippen MR) is 87.0 cm³/mol. The van der Waals surface area contributed by atoms with E-state index in [0.29, 0.717) is 11.4 Å². The van der Waals surface area contributed by atoms with Crippen molar-refractivity contribution in [3.8, 4) is 5.75 Å². The average molecular weight is 332 g/mol. The Balaban J connectivity index is 2.23. The summed E-state index contributed by atoms with van der Waals surface area (Å²) < 4.78 is 9.76. The minimum absolute atomic E-state index is 0.0984. The van der Waals surface area contributed by atoms with Crippen LogP contribution in [0.15, 0.2) is 35.1 Å². The van der Waals surface area contributed by atoms with Crippen LogP contribution in [0.4, 0.5) is 11.6 Å². The standard InChI is InChI=1S/C15H17N5O4/c1-23-11-6-4-3-5-10(11)18-14(16)20-15-17-9(7-12(21)19-15)8-13(22)24-2/h3-7H,8H2,1-2H3,(H4,16,17,18,19,20,21)/p+1. The lowest BCUT2D eigenvalue weighted by atomic mass is 10.3. The molecule has 9 nitrogen and oxygen atoms in total. The first kappa shape index (κ1) is 17.0. The van der Waals surface area contributed by atoms with Gasteiger partial charge in [0.15, 0.2) is 5.75 Å². The van der Waals surface area contributed by atoms with Crippen LogP contribution in [0, 0.1) is 0 Å². The fourth-order valence-corrected chi connectivity index (χ4v) is 1.93. The second-order valence-electron chi connectivity index (χ2n) is 4.70. The van der Waals surface area contributed by atoms with E-state index in [1.165, 1.54) is 13.2 Å². The number of carbonyl (C=O) groups is 1. The van der Waals surface area contributed by atoms with Crippen LogP contribution in [0.5, 0.6) is 5.75 Å². The van der Waals surface area contributed by atoms with E-state index in [4.69, 9.17) is 10.5 Å². The Kier molecular flexibility index (Phi) is 5.50. The van der Waals surface area contributed by atoms with Gasteiger partial charge in [-0.05, 0) is 12.1 Å². The van der Waals surface area contributed by atoms with Crippen LogP contribution < -0.4 is 26.3 Å². The first-order valence-electron chi connectivity index (χ1n) is 6.98. The number of nitrogens with zero attached hydrogens (tertiary/aromatic N) is 1. The third-order valence-corrected chi connectivity index (χ3v) is 2.98. The summed E-state index contributed by atoms with van der Waals surface area (Å²) in [7, 11) is 2.80. The molecule has 0 atom stereocenters. The van der Waals surface area contributed by atoms with Crippen LogP contribution in [-0.4, -0.2) is 36.1 Å². The molecule has 0 aliphatic heterocycles. The van der Waals surface area contributed by atoms with Crippen molar-refractivity contribution in [3.05, 3.63) is 46.4 Å². The molecular weight excluding hydrogens is 314 g/mol. The Morgan fingerprint density at radius 3 is 2.83 bits per heavy atom. The highest BCUT2D eigenvalue weighted by molar-refractivity contribution is 5.89. The number of hydrogen-bond acceptors (Lipinski definition) is 5. The largest absolute Gasteiger partial charge is 0.494 e. The quantitative estimate of drug-likeness (QED) is 0.302. The summed E-state index contributed by atoms with van der Waals surface area (Å²) >= 11 is 0. The van der Waals surface area contributed by atoms with Gasteiger partial charge in [0.05, 0.1) is 20.6 Å². The van der Waals surface area contributed by atoms with Crippen molar-refractivity contribution in [1.82, 2.24) is 9.97 Å². The Labute approximate surface area is 137 Å². The number of methoxy groups -OCH3 is 2. The van der Waals surface area contributed by atoms with E-state index in [9.17, 15) is 9.59 Å². The maximum absolute atomic E-state index is 11.6. The van der Waals surface area contributed by atoms with Crippen LogP contribution >= 0.6 is 0 Å². The highest BCUT2D eigenvalue weighted by atomic mass is 16.5. The number of nitrogens with one attached hydrogen (secondary N) is 3. The average Bonchev–Trinajstić information content (AvgIpc) is 2.54. The molecule has 2 aromatic rings. The van der Waals surface area contributed by atoms with Gasteiger partial charge in [-0.2, -0.15) is 0 Å². The first-order chi connectivity index (χ1) is 11.5. The van der Waals surface area contributed by atoms with E-state index in [0.717, 1.165) is 0 Å². The summed E-state index contributed by atoms with van der Waals surface area (Å²) in [6.07, 6.45) is -0.116. The van der Waals surface area contributed by atoms with Gasteiger partial charge in [-0.15, -0.1) is 4.98 Å². The zero-order chi connectivity index (χ0) is 17.5. The van der Waals surface area contributed by atoms with Crippen LogP contribution in [0.2, 0.25) is 0 Å². The molecule has 2 rings (SSSR count). The van der Waals surface area contributed by atoms with Gasteiger partial charge in [-0.3, -0.25) is 14.9 Å². The van der Waals surface area contributed by atoms with Gasteiger partial charge in [0, 0.05) is 6.07 Å². The molecule has 0 aliphatic carbocycles. The highest BCUT2D eigenvalue weighted by Crippen LogP contribution is 2.22. The summed E-state index contributed by atoms with van der Waals surface area (Å²) in [6.45, 7) is 0. The van der Waals surface area contributed by atoms with Gasteiger partial charge in [0.25, 0.3) is 11.5 Å². The Hall–Kier alpha value is -3.36. The number of aromatic amines is 1. The number of anilines is 1. The fraction of sp³-hybridized carbons (Fsp3) is 0.200. The molecule has 9 heteroatoms. The van der Waals surface area contributed by atoms with Crippen molar-refractivity contribution in [2.24, 2.45) is 5.73 Å². The number of aromatic nitrogens is 2. The summed E-state index contributed by atoms with van der Waals surface area (Å²) in [5, 5.41) is 2.91. The molecular formula is C15H18N5O4+. The summed E-state index contributed by atoms with van der Waals surface area (Å²) in [6, 6.07) is 8.40. The summed E-state index contributed by atoms with van der Waals surface area (Å²) in [5.74, 6) is 0.325. The number of carbonyl (C=O) groups excluding carboxylic acids is 1. The van der Waals surface area contributed by atoms with Crippen LogP contribution in [0.1, 0.15) is 5.69 Å². The Morgan fingerprint density at radius 2 is 2.12 bits per heavy atom. The smallest absolute Gasteiger partial charge is 0.325 e. The molecule has 1 aromatic heterocycles. The molecule has 0 saturated heterocycles. The summed E-state index contributed by atoms with van der Waals surface area (Å²) in [4.78, 5) is 32.2. The lowest BCUT2D eigenvalue weighted by Gasteiger charge is -2.07. The number of nitrogens with two attached hydrogens (primary N) is 1. The molecule has 0 aliphatic rings. The Morgan fingerprint density at radius 1 is 1.38 bits per heavy atom. The number of rotatable bonds is 5. The molecule has 0 radical (unpaired) electrons. The van der Waals surface area contributed by atoms with E-state index in [-0.39, 0.29) is 24.0 Å². The normalized spacial score (nSPS) is 11.0. The van der Waals surface area contributed by atoms with Crippen molar-refractivity contribution in [2.75, 3.05) is 19.5 Å². The molecule has 0 fully saturated rings. The number of benzene rings is 1. The van der Waals surface area contributed by atoms with Gasteiger partial charge in [0.2, 0.25) is 0 Å². The maximum Gasteiger partial charge on any atom is 0.325 e. The molecule has 0 unspecified atom stereocenters. The van der Waals surface area contributed by atoms with Gasteiger partial charge >= 0.3 is 11.9 Å². The minimum atomic E-state index is -0.497. The second kappa shape index (κ2) is 7.77. The van der Waals surface area contributed by atoms with Gasteiger partial charge in [0.1, 0.15) is 11.4 Å². The number of H-pyrrole nitrogens is 1. The van der Waals surface area contributed by atoms with Crippen LogP contribution in [-0.2, 0) is 16.0 Å². The first-order valence-corrected chi connectivity index (χ1v) is 6.98. The Bertz CT molecular complexity index is 816. The van der Waals surface area contributed by atoms with Crippen molar-refractivity contribution in [1.29, 1.82) is 0 Å². The van der Waals surface area contributed by atoms with Crippen molar-refractivity contribution >= 4 is 23.6 Å². The van der Waals surface area contributed by atoms with E-state index in [1.54, 1.807) is 19.2 Å². The number of guanidine groups is 1.